The fourth-order valence-electron chi connectivity index (χ4n) is 4.71. The van der Waals surface area contributed by atoms with E-state index < -0.39 is 0 Å². The van der Waals surface area contributed by atoms with Crippen molar-refractivity contribution in [3.63, 3.8) is 0 Å². The van der Waals surface area contributed by atoms with Crippen molar-refractivity contribution in [1.29, 1.82) is 0 Å². The van der Waals surface area contributed by atoms with Crippen molar-refractivity contribution in [2.75, 3.05) is 6.54 Å². The number of nitrogens with one attached hydrogen (secondary N) is 1. The molecular weight excluding hydrogens is 342 g/mol. The van der Waals surface area contributed by atoms with Crippen molar-refractivity contribution in [1.82, 2.24) is 15.4 Å². The third-order valence-electron chi connectivity index (χ3n) is 6.69. The third-order valence-corrected chi connectivity index (χ3v) is 6.69. The zero-order valence-corrected chi connectivity index (χ0v) is 16.5. The largest absolute Gasteiger partial charge is 0.360 e. The molecular formula is C21H31N3O3. The van der Waals surface area contributed by atoms with E-state index in [2.05, 4.69) is 29.2 Å². The number of aromatic nitrogens is 1. The monoisotopic (exact) mass is 373 g/mol. The van der Waals surface area contributed by atoms with Crippen LogP contribution in [0.4, 0.5) is 0 Å². The number of hydrogen-bond donors (Lipinski definition) is 1. The number of piperidine rings is 1. The molecule has 6 heteroatoms. The Kier molecular flexibility index (Phi) is 4.99. The lowest BCUT2D eigenvalue weighted by molar-refractivity contribution is -0.146. The third kappa shape index (κ3) is 3.90. The number of rotatable bonds is 4. The highest BCUT2D eigenvalue weighted by molar-refractivity contribution is 5.92. The summed E-state index contributed by atoms with van der Waals surface area (Å²) in [5.41, 5.74) is 0.181. The quantitative estimate of drug-likeness (QED) is 0.874. The average molecular weight is 373 g/mol. The molecule has 1 saturated heterocycles. The van der Waals surface area contributed by atoms with Gasteiger partial charge in [-0.25, -0.2) is 0 Å². The normalized spacial score (nSPS) is 28.0. The van der Waals surface area contributed by atoms with Crippen molar-refractivity contribution >= 4 is 11.8 Å². The van der Waals surface area contributed by atoms with Crippen LogP contribution in [-0.2, 0) is 4.79 Å². The van der Waals surface area contributed by atoms with Gasteiger partial charge >= 0.3 is 0 Å². The molecule has 2 atom stereocenters. The highest BCUT2D eigenvalue weighted by Gasteiger charge is 2.41. The van der Waals surface area contributed by atoms with E-state index >= 15 is 0 Å². The molecule has 2 aliphatic carbocycles. The summed E-state index contributed by atoms with van der Waals surface area (Å²) in [6.07, 6.45) is 9.41. The first-order chi connectivity index (χ1) is 13.0. The van der Waals surface area contributed by atoms with Gasteiger partial charge in [0.25, 0.3) is 5.91 Å². The number of nitrogens with zero attached hydrogens (tertiary/aromatic N) is 2. The molecule has 0 spiro atoms. The smallest absolute Gasteiger partial charge is 0.273 e. The van der Waals surface area contributed by atoms with E-state index in [9.17, 15) is 9.59 Å². The van der Waals surface area contributed by atoms with Crippen LogP contribution in [0.25, 0.3) is 0 Å². The van der Waals surface area contributed by atoms with Crippen LogP contribution in [0.2, 0.25) is 0 Å². The minimum Gasteiger partial charge on any atom is -0.360 e. The van der Waals surface area contributed by atoms with Crippen molar-refractivity contribution in [2.24, 2.45) is 5.41 Å². The number of carbonyl (C=O) groups excluding carboxylic acids is 2. The van der Waals surface area contributed by atoms with Crippen molar-refractivity contribution in [3.05, 3.63) is 17.5 Å². The van der Waals surface area contributed by atoms with Gasteiger partial charge in [0, 0.05) is 36.0 Å². The minimum absolute atomic E-state index is 0.0804. The van der Waals surface area contributed by atoms with E-state index in [0.29, 0.717) is 24.1 Å². The van der Waals surface area contributed by atoms with Crippen LogP contribution in [0.15, 0.2) is 10.6 Å². The molecule has 2 heterocycles. The predicted molar refractivity (Wildman–Crippen MR) is 101 cm³/mol. The number of amides is 2. The number of carbonyl (C=O) groups is 2. The Morgan fingerprint density at radius 1 is 1.22 bits per heavy atom. The maximum Gasteiger partial charge on any atom is 0.273 e. The molecule has 1 aliphatic heterocycles. The Labute approximate surface area is 161 Å². The summed E-state index contributed by atoms with van der Waals surface area (Å²) in [6.45, 7) is 4.95. The summed E-state index contributed by atoms with van der Waals surface area (Å²) >= 11 is 0. The van der Waals surface area contributed by atoms with E-state index in [0.717, 1.165) is 57.1 Å². The van der Waals surface area contributed by atoms with Crippen molar-refractivity contribution < 1.29 is 14.1 Å². The van der Waals surface area contributed by atoms with Crippen LogP contribution in [0, 0.1) is 5.41 Å². The van der Waals surface area contributed by atoms with Gasteiger partial charge in [-0.15, -0.1) is 0 Å². The molecule has 4 rings (SSSR count). The van der Waals surface area contributed by atoms with E-state index in [4.69, 9.17) is 4.52 Å². The van der Waals surface area contributed by atoms with Crippen molar-refractivity contribution in [2.45, 2.75) is 89.6 Å². The maximum atomic E-state index is 13.1. The molecule has 0 bridgehead atoms. The van der Waals surface area contributed by atoms with E-state index in [-0.39, 0.29) is 23.4 Å². The lowest BCUT2D eigenvalue weighted by Gasteiger charge is -2.43. The second-order valence-corrected chi connectivity index (χ2v) is 9.05. The number of likely N-dealkylation sites (tertiary alicyclic amines) is 1. The molecule has 6 nitrogen and oxygen atoms in total. The zero-order chi connectivity index (χ0) is 19.0. The molecule has 1 aromatic rings. The molecule has 1 aromatic heterocycles. The summed E-state index contributed by atoms with van der Waals surface area (Å²) in [7, 11) is 0. The fourth-order valence-corrected chi connectivity index (χ4v) is 4.71. The van der Waals surface area contributed by atoms with Crippen LogP contribution < -0.4 is 5.32 Å². The van der Waals surface area contributed by atoms with E-state index in [1.54, 1.807) is 6.07 Å². The van der Waals surface area contributed by atoms with Crippen LogP contribution in [0.3, 0.4) is 0 Å². The molecule has 3 aliphatic rings. The van der Waals surface area contributed by atoms with E-state index in [1.165, 1.54) is 6.42 Å². The Balaban J connectivity index is 1.32. The van der Waals surface area contributed by atoms with Gasteiger partial charge in [-0.1, -0.05) is 31.3 Å². The maximum absolute atomic E-state index is 13.1. The Bertz CT molecular complexity index is 703. The summed E-state index contributed by atoms with van der Waals surface area (Å²) < 4.78 is 5.28. The standard InChI is InChI=1S/C21H31N3O3/c1-14-12-16(22-19(25)17-13-18(27-23-17)15-6-7-15)8-11-24(14)20(26)21(2)9-4-3-5-10-21/h13-16H,3-12H2,1-2H3,(H,22,25)/t14-,16?/m1/s1. The van der Waals surface area contributed by atoms with Gasteiger partial charge in [-0.2, -0.15) is 0 Å². The number of hydrogen-bond acceptors (Lipinski definition) is 4. The second-order valence-electron chi connectivity index (χ2n) is 9.05. The first kappa shape index (κ1) is 18.5. The van der Waals surface area contributed by atoms with Gasteiger partial charge in [0.2, 0.25) is 5.91 Å². The van der Waals surface area contributed by atoms with Gasteiger partial charge < -0.3 is 14.7 Å². The van der Waals surface area contributed by atoms with Gasteiger partial charge in [0.05, 0.1) is 0 Å². The first-order valence-corrected chi connectivity index (χ1v) is 10.5. The van der Waals surface area contributed by atoms with Gasteiger partial charge in [-0.3, -0.25) is 9.59 Å². The predicted octanol–water partition coefficient (Wildman–Crippen LogP) is 3.63. The zero-order valence-electron chi connectivity index (χ0n) is 16.5. The molecule has 1 N–H and O–H groups in total. The molecule has 3 fully saturated rings. The molecule has 2 amide bonds. The Morgan fingerprint density at radius 2 is 1.96 bits per heavy atom. The van der Waals surface area contributed by atoms with Crippen LogP contribution in [-0.4, -0.2) is 40.5 Å². The molecule has 2 saturated carbocycles. The molecule has 27 heavy (non-hydrogen) atoms. The Morgan fingerprint density at radius 3 is 2.63 bits per heavy atom. The molecule has 1 unspecified atom stereocenters. The highest BCUT2D eigenvalue weighted by Crippen LogP contribution is 2.40. The molecule has 148 valence electrons. The molecule has 0 radical (unpaired) electrons. The fraction of sp³-hybridized carbons (Fsp3) is 0.762. The van der Waals surface area contributed by atoms with Crippen LogP contribution >= 0.6 is 0 Å². The van der Waals surface area contributed by atoms with Gasteiger partial charge in [-0.05, 0) is 45.4 Å². The van der Waals surface area contributed by atoms with Gasteiger partial charge in [0.15, 0.2) is 5.69 Å². The van der Waals surface area contributed by atoms with E-state index in [1.807, 2.05) is 0 Å². The molecule has 0 aromatic carbocycles. The van der Waals surface area contributed by atoms with Crippen LogP contribution in [0.5, 0.6) is 0 Å². The second kappa shape index (κ2) is 7.28. The van der Waals surface area contributed by atoms with Gasteiger partial charge in [0.1, 0.15) is 5.76 Å². The van der Waals surface area contributed by atoms with Crippen LogP contribution in [0.1, 0.15) is 93.8 Å². The minimum atomic E-state index is -0.192. The first-order valence-electron chi connectivity index (χ1n) is 10.5. The average Bonchev–Trinajstić information content (AvgIpc) is 3.38. The van der Waals surface area contributed by atoms with Crippen molar-refractivity contribution in [3.8, 4) is 0 Å². The summed E-state index contributed by atoms with van der Waals surface area (Å²) in [6, 6.07) is 2.00. The highest BCUT2D eigenvalue weighted by atomic mass is 16.5. The lowest BCUT2D eigenvalue weighted by atomic mass is 9.74. The topological polar surface area (TPSA) is 75.4 Å². The Hall–Kier alpha value is -1.85. The summed E-state index contributed by atoms with van der Waals surface area (Å²) in [5, 5.41) is 7.01. The summed E-state index contributed by atoms with van der Waals surface area (Å²) in [4.78, 5) is 27.7. The summed E-state index contributed by atoms with van der Waals surface area (Å²) in [5.74, 6) is 1.43. The SMILES string of the molecule is C[C@@H]1CC(NC(=O)c2cc(C3CC3)on2)CCN1C(=O)C1(C)CCCCC1. The lowest BCUT2D eigenvalue weighted by Crippen LogP contribution is -2.54.